The highest BCUT2D eigenvalue weighted by Crippen LogP contribution is 2.40. The van der Waals surface area contributed by atoms with E-state index in [4.69, 9.17) is 9.72 Å². The maximum absolute atomic E-state index is 12.3. The average molecular weight is 596 g/mol. The summed E-state index contributed by atoms with van der Waals surface area (Å²) in [6, 6.07) is 24.3. The topological polar surface area (TPSA) is 55.2 Å². The van der Waals surface area contributed by atoms with E-state index >= 15 is 0 Å². The molecule has 7 heteroatoms. The van der Waals surface area contributed by atoms with Crippen LogP contribution in [0.15, 0.2) is 79.0 Å². The molecule has 4 rings (SSSR count). The first-order chi connectivity index (χ1) is 17.9. The Morgan fingerprint density at radius 2 is 1.65 bits per heavy atom. The Kier molecular flexibility index (Phi) is 9.35. The van der Waals surface area contributed by atoms with E-state index in [1.807, 2.05) is 48.5 Å². The first-order valence-electron chi connectivity index (χ1n) is 12.9. The zero-order valence-electron chi connectivity index (χ0n) is 21.8. The predicted molar refractivity (Wildman–Crippen MR) is 161 cm³/mol. The van der Waals surface area contributed by atoms with Crippen molar-refractivity contribution in [1.29, 1.82) is 0 Å². The Labute approximate surface area is 234 Å². The van der Waals surface area contributed by atoms with Crippen molar-refractivity contribution in [3.8, 4) is 16.5 Å². The van der Waals surface area contributed by atoms with Gasteiger partial charge in [0.25, 0.3) is 8.32 Å². The average Bonchev–Trinajstić information content (AvgIpc) is 3.35. The van der Waals surface area contributed by atoms with Gasteiger partial charge in [-0.3, -0.25) is 0 Å². The Balaban J connectivity index is 1.45. The Morgan fingerprint density at radius 3 is 2.24 bits per heavy atom. The van der Waals surface area contributed by atoms with Crippen LogP contribution in [0.4, 0.5) is 0 Å². The lowest BCUT2D eigenvalue weighted by atomic mass is 10.1. The van der Waals surface area contributed by atoms with Crippen LogP contribution in [-0.4, -0.2) is 29.7 Å². The lowest BCUT2D eigenvalue weighted by Crippen LogP contribution is -2.65. The molecule has 194 valence electrons. The number of thiazole rings is 1. The van der Waals surface area contributed by atoms with E-state index in [0.717, 1.165) is 57.7 Å². The molecule has 0 aliphatic carbocycles. The SMILES string of the molecule is CCCc1sc(-c2ccnc(OCCCC(C)(C)[Si](O)(c3ccccc3)c3ccccc3)c2)nc1CBr. The van der Waals surface area contributed by atoms with Crippen molar-refractivity contribution < 1.29 is 9.53 Å². The normalized spacial score (nSPS) is 12.0. The van der Waals surface area contributed by atoms with E-state index in [-0.39, 0.29) is 5.04 Å². The fourth-order valence-electron chi connectivity index (χ4n) is 4.83. The molecule has 0 unspecified atom stereocenters. The quantitative estimate of drug-likeness (QED) is 0.112. The molecular weight excluding hydrogens is 560 g/mol. The fourth-order valence-corrected chi connectivity index (χ4v) is 10.4. The van der Waals surface area contributed by atoms with Crippen LogP contribution in [0.1, 0.15) is 50.6 Å². The highest BCUT2D eigenvalue weighted by molar-refractivity contribution is 9.08. The minimum absolute atomic E-state index is 0.295. The van der Waals surface area contributed by atoms with Crippen molar-refractivity contribution in [2.24, 2.45) is 0 Å². The summed E-state index contributed by atoms with van der Waals surface area (Å²) in [5, 5.41) is 3.56. The Morgan fingerprint density at radius 1 is 1.00 bits per heavy atom. The van der Waals surface area contributed by atoms with Gasteiger partial charge >= 0.3 is 0 Å². The van der Waals surface area contributed by atoms with Gasteiger partial charge in [0.15, 0.2) is 0 Å². The van der Waals surface area contributed by atoms with Crippen LogP contribution in [0.2, 0.25) is 5.04 Å². The predicted octanol–water partition coefficient (Wildman–Crippen LogP) is 6.74. The van der Waals surface area contributed by atoms with Crippen LogP contribution in [0.3, 0.4) is 0 Å². The largest absolute Gasteiger partial charge is 0.478 e. The van der Waals surface area contributed by atoms with Crippen LogP contribution >= 0.6 is 27.3 Å². The molecule has 2 aromatic heterocycles. The molecule has 0 saturated heterocycles. The standard InChI is InChI=1S/C30H35BrN2O2SSi/c1-4-12-27-26(22-31)33-29(36-27)23-17-19-32-28(21-23)35-20-11-18-30(2,3)37(34,24-13-7-5-8-14-24)25-15-9-6-10-16-25/h5-10,13-17,19,21,34H,4,11-12,18,20,22H2,1-3H3. The number of pyridine rings is 1. The summed E-state index contributed by atoms with van der Waals surface area (Å²) >= 11 is 5.33. The first kappa shape index (κ1) is 27.7. The first-order valence-corrected chi connectivity index (χ1v) is 16.7. The second kappa shape index (κ2) is 12.5. The molecule has 0 spiro atoms. The van der Waals surface area contributed by atoms with Crippen LogP contribution in [0, 0.1) is 0 Å². The van der Waals surface area contributed by atoms with Gasteiger partial charge in [-0.25, -0.2) is 9.97 Å². The third-order valence-electron chi connectivity index (χ3n) is 6.92. The summed E-state index contributed by atoms with van der Waals surface area (Å²) in [6.07, 6.45) is 5.60. The van der Waals surface area contributed by atoms with Crippen LogP contribution < -0.4 is 15.1 Å². The maximum Gasteiger partial charge on any atom is 0.258 e. The van der Waals surface area contributed by atoms with Crippen molar-refractivity contribution >= 4 is 46.0 Å². The van der Waals surface area contributed by atoms with E-state index in [0.29, 0.717) is 12.5 Å². The highest BCUT2D eigenvalue weighted by Gasteiger charge is 2.49. The van der Waals surface area contributed by atoms with Gasteiger partial charge in [0.05, 0.1) is 12.3 Å². The molecule has 0 aliphatic heterocycles. The minimum Gasteiger partial charge on any atom is -0.478 e. The smallest absolute Gasteiger partial charge is 0.258 e. The highest BCUT2D eigenvalue weighted by atomic mass is 79.9. The molecule has 0 aliphatic rings. The molecule has 0 atom stereocenters. The van der Waals surface area contributed by atoms with E-state index in [9.17, 15) is 4.80 Å². The van der Waals surface area contributed by atoms with Gasteiger partial charge in [0.1, 0.15) is 5.01 Å². The van der Waals surface area contributed by atoms with Crippen LogP contribution in [0.25, 0.3) is 10.6 Å². The second-order valence-corrected chi connectivity index (χ2v) is 15.5. The minimum atomic E-state index is -3.01. The summed E-state index contributed by atoms with van der Waals surface area (Å²) in [5.41, 5.74) is 2.16. The van der Waals surface area contributed by atoms with Gasteiger partial charge in [0.2, 0.25) is 5.88 Å². The number of aryl methyl sites for hydroxylation is 1. The summed E-state index contributed by atoms with van der Waals surface area (Å²) in [7, 11) is -3.01. The fraction of sp³-hybridized carbons (Fsp3) is 0.333. The lowest BCUT2D eigenvalue weighted by Gasteiger charge is -2.41. The number of nitrogens with zero attached hydrogens (tertiary/aromatic N) is 2. The van der Waals surface area contributed by atoms with Gasteiger partial charge < -0.3 is 9.53 Å². The van der Waals surface area contributed by atoms with Crippen molar-refractivity contribution in [2.75, 3.05) is 6.61 Å². The molecule has 37 heavy (non-hydrogen) atoms. The number of alkyl halides is 1. The summed E-state index contributed by atoms with van der Waals surface area (Å²) in [5.74, 6) is 0.613. The molecule has 4 nitrogen and oxygen atoms in total. The van der Waals surface area contributed by atoms with Crippen LogP contribution in [-0.2, 0) is 11.8 Å². The molecule has 2 heterocycles. The molecule has 0 saturated carbocycles. The van der Waals surface area contributed by atoms with E-state index in [2.05, 4.69) is 66.0 Å². The van der Waals surface area contributed by atoms with Crippen LogP contribution in [0.5, 0.6) is 5.88 Å². The molecule has 1 N–H and O–H groups in total. The number of halogens is 1. The lowest BCUT2D eigenvalue weighted by molar-refractivity contribution is 0.285. The van der Waals surface area contributed by atoms with Crippen molar-refractivity contribution in [3.63, 3.8) is 0 Å². The number of rotatable bonds is 12. The molecule has 4 aromatic rings. The molecule has 0 amide bonds. The van der Waals surface area contributed by atoms with Gasteiger partial charge in [-0.05, 0) is 40.7 Å². The van der Waals surface area contributed by atoms with E-state index in [1.165, 1.54) is 4.88 Å². The number of hydrogen-bond acceptors (Lipinski definition) is 5. The number of aromatic nitrogens is 2. The molecular formula is C30H35BrN2O2SSi. The zero-order valence-corrected chi connectivity index (χ0v) is 25.2. The summed E-state index contributed by atoms with van der Waals surface area (Å²) in [6.45, 7) is 7.12. The van der Waals surface area contributed by atoms with E-state index < -0.39 is 8.32 Å². The third-order valence-corrected chi connectivity index (χ3v) is 13.2. The molecule has 2 aromatic carbocycles. The Bertz CT molecular complexity index is 1240. The second-order valence-electron chi connectivity index (χ2n) is 9.93. The number of hydrogen-bond donors (Lipinski definition) is 1. The third kappa shape index (κ3) is 6.23. The van der Waals surface area contributed by atoms with Crippen molar-refractivity contribution in [3.05, 3.63) is 89.6 Å². The van der Waals surface area contributed by atoms with Crippen molar-refractivity contribution in [1.82, 2.24) is 9.97 Å². The van der Waals surface area contributed by atoms with Gasteiger partial charge in [-0.2, -0.15) is 0 Å². The monoisotopic (exact) mass is 594 g/mol. The van der Waals surface area contributed by atoms with Gasteiger partial charge in [-0.15, -0.1) is 11.3 Å². The maximum atomic E-state index is 12.3. The number of ether oxygens (including phenoxy) is 1. The summed E-state index contributed by atoms with van der Waals surface area (Å²) < 4.78 is 6.09. The Hall–Kier alpha value is -2.32. The van der Waals surface area contributed by atoms with Gasteiger partial charge in [0, 0.05) is 28.0 Å². The molecule has 0 radical (unpaired) electrons. The molecule has 0 bridgehead atoms. The zero-order chi connectivity index (χ0) is 26.3. The van der Waals surface area contributed by atoms with Gasteiger partial charge in [-0.1, -0.05) is 104 Å². The van der Waals surface area contributed by atoms with E-state index in [1.54, 1.807) is 17.5 Å². The number of benzene rings is 2. The molecule has 0 fully saturated rings. The van der Waals surface area contributed by atoms with Crippen molar-refractivity contribution in [2.45, 2.75) is 56.8 Å². The summed E-state index contributed by atoms with van der Waals surface area (Å²) in [4.78, 5) is 22.9.